The molecule has 198 valence electrons. The average Bonchev–Trinajstić information content (AvgIpc) is 2.96. The number of thioether (sulfide) groups is 1. The molecule has 1 saturated heterocycles. The van der Waals surface area contributed by atoms with Gasteiger partial charge in [-0.15, -0.1) is 0 Å². The van der Waals surface area contributed by atoms with Crippen LogP contribution >= 0.6 is 11.8 Å². The molecule has 0 N–H and O–H groups in total. The summed E-state index contributed by atoms with van der Waals surface area (Å²) in [6, 6.07) is 16.0. The Kier molecular flexibility index (Phi) is 7.04. The lowest BCUT2D eigenvalue weighted by atomic mass is 9.62. The van der Waals surface area contributed by atoms with E-state index >= 15 is 0 Å². The lowest BCUT2D eigenvalue weighted by Crippen LogP contribution is -2.43. The molecule has 1 saturated carbocycles. The van der Waals surface area contributed by atoms with E-state index in [0.29, 0.717) is 10.9 Å². The van der Waals surface area contributed by atoms with E-state index in [1.165, 1.54) is 30.2 Å². The van der Waals surface area contributed by atoms with Crippen LogP contribution in [-0.2, 0) is 16.6 Å². The Balaban J connectivity index is 1.51. The number of methoxy groups -OCH3 is 1. The van der Waals surface area contributed by atoms with Crippen molar-refractivity contribution in [1.29, 1.82) is 0 Å². The molecule has 0 unspecified atom stereocenters. The van der Waals surface area contributed by atoms with Crippen LogP contribution in [0.25, 0.3) is 16.9 Å². The molecule has 6 rings (SSSR count). The van der Waals surface area contributed by atoms with Crippen LogP contribution < -0.4 is 10.3 Å². The summed E-state index contributed by atoms with van der Waals surface area (Å²) in [5.74, 6) is 1.07. The molecule has 3 aromatic rings. The summed E-state index contributed by atoms with van der Waals surface area (Å²) in [4.78, 5) is 34.9. The monoisotopic (exact) mass is 529 g/mol. The van der Waals surface area contributed by atoms with Crippen molar-refractivity contribution in [2.75, 3.05) is 26.0 Å². The van der Waals surface area contributed by atoms with Crippen molar-refractivity contribution in [2.45, 2.75) is 68.4 Å². The van der Waals surface area contributed by atoms with Gasteiger partial charge < -0.3 is 9.64 Å². The van der Waals surface area contributed by atoms with E-state index in [2.05, 4.69) is 18.2 Å². The number of piperidine rings is 1. The second kappa shape index (κ2) is 10.6. The molecule has 7 heteroatoms. The number of likely N-dealkylation sites (tertiary alicyclic amines) is 1. The van der Waals surface area contributed by atoms with Gasteiger partial charge in [0.2, 0.25) is 5.91 Å². The molecule has 0 atom stereocenters. The molecule has 1 amide bonds. The van der Waals surface area contributed by atoms with Crippen LogP contribution in [0, 0.1) is 0 Å². The molecule has 2 fully saturated rings. The summed E-state index contributed by atoms with van der Waals surface area (Å²) in [7, 11) is 1.63. The van der Waals surface area contributed by atoms with Gasteiger partial charge in [0.05, 0.1) is 29.8 Å². The van der Waals surface area contributed by atoms with Crippen molar-refractivity contribution in [2.24, 2.45) is 0 Å². The quantitative estimate of drug-likeness (QED) is 0.310. The van der Waals surface area contributed by atoms with E-state index in [9.17, 15) is 9.59 Å². The highest BCUT2D eigenvalue weighted by molar-refractivity contribution is 7.99. The van der Waals surface area contributed by atoms with Crippen LogP contribution in [0.15, 0.2) is 58.5 Å². The highest BCUT2D eigenvalue weighted by Crippen LogP contribution is 2.49. The zero-order chi connectivity index (χ0) is 26.1. The molecule has 2 aromatic carbocycles. The lowest BCUT2D eigenvalue weighted by Gasteiger charge is -2.42. The third kappa shape index (κ3) is 4.55. The van der Waals surface area contributed by atoms with E-state index in [-0.39, 0.29) is 22.6 Å². The molecular formula is C31H35N3O3S. The van der Waals surface area contributed by atoms with Gasteiger partial charge in [0.15, 0.2) is 5.16 Å². The maximum atomic E-state index is 14.6. The smallest absolute Gasteiger partial charge is 0.263 e. The number of rotatable bonds is 5. The normalized spacial score (nSPS) is 18.1. The number of aromatic nitrogens is 2. The topological polar surface area (TPSA) is 64.4 Å². The average molecular weight is 530 g/mol. The number of carbonyl (C=O) groups is 1. The minimum absolute atomic E-state index is 0.00687. The van der Waals surface area contributed by atoms with Crippen molar-refractivity contribution in [3.05, 3.63) is 70.0 Å². The van der Waals surface area contributed by atoms with Crippen molar-refractivity contribution < 1.29 is 9.53 Å². The Labute approximate surface area is 228 Å². The van der Waals surface area contributed by atoms with Gasteiger partial charge in [-0.3, -0.25) is 14.2 Å². The van der Waals surface area contributed by atoms with Gasteiger partial charge in [0.1, 0.15) is 5.75 Å². The standard InChI is InChI=1S/C31H35N3O3S/c1-37-24-13-10-12-23(19-24)34-29(36)27-28(32-30(34)38-21-26(35)33-17-8-3-9-18-33)25-14-5-4-11-22(25)20-31(27)15-6-2-7-16-31/h4-5,10-14,19H,2-3,6-9,15-18,20-21H2,1H3. The van der Waals surface area contributed by atoms with E-state index in [1.807, 2.05) is 35.2 Å². The zero-order valence-electron chi connectivity index (χ0n) is 22.1. The first kappa shape index (κ1) is 25.2. The van der Waals surface area contributed by atoms with Gasteiger partial charge in [-0.25, -0.2) is 4.98 Å². The van der Waals surface area contributed by atoms with Gasteiger partial charge in [-0.2, -0.15) is 0 Å². The molecule has 38 heavy (non-hydrogen) atoms. The second-order valence-electron chi connectivity index (χ2n) is 10.9. The predicted molar refractivity (Wildman–Crippen MR) is 151 cm³/mol. The summed E-state index contributed by atoms with van der Waals surface area (Å²) in [6.45, 7) is 1.63. The Hall–Kier alpha value is -3.06. The third-order valence-electron chi connectivity index (χ3n) is 8.54. The number of hydrogen-bond acceptors (Lipinski definition) is 5. The van der Waals surface area contributed by atoms with E-state index in [1.54, 1.807) is 11.7 Å². The maximum absolute atomic E-state index is 14.6. The Morgan fingerprint density at radius 3 is 2.55 bits per heavy atom. The number of carbonyl (C=O) groups excluding carboxylic acids is 1. The molecule has 1 spiro atoms. The second-order valence-corrected chi connectivity index (χ2v) is 11.8. The lowest BCUT2D eigenvalue weighted by molar-refractivity contribution is -0.129. The predicted octanol–water partition coefficient (Wildman–Crippen LogP) is 5.77. The number of hydrogen-bond donors (Lipinski definition) is 0. The van der Waals surface area contributed by atoms with Crippen LogP contribution in [0.4, 0.5) is 0 Å². The summed E-state index contributed by atoms with van der Waals surface area (Å²) in [5.41, 5.74) is 4.51. The number of amides is 1. The van der Waals surface area contributed by atoms with Gasteiger partial charge in [0, 0.05) is 30.1 Å². The Morgan fingerprint density at radius 1 is 1.00 bits per heavy atom. The largest absolute Gasteiger partial charge is 0.497 e. The summed E-state index contributed by atoms with van der Waals surface area (Å²) >= 11 is 1.37. The van der Waals surface area contributed by atoms with Crippen LogP contribution in [0.5, 0.6) is 5.75 Å². The Morgan fingerprint density at radius 2 is 1.76 bits per heavy atom. The van der Waals surface area contributed by atoms with Gasteiger partial charge >= 0.3 is 0 Å². The fourth-order valence-electron chi connectivity index (χ4n) is 6.62. The molecule has 3 aliphatic rings. The number of nitrogens with zero attached hydrogens (tertiary/aromatic N) is 3. The zero-order valence-corrected chi connectivity index (χ0v) is 22.9. The van der Waals surface area contributed by atoms with Crippen molar-refractivity contribution in [3.63, 3.8) is 0 Å². The van der Waals surface area contributed by atoms with Crippen molar-refractivity contribution in [3.8, 4) is 22.7 Å². The van der Waals surface area contributed by atoms with Crippen LogP contribution in [0.1, 0.15) is 62.5 Å². The molecule has 1 aliphatic heterocycles. The molecule has 2 heterocycles. The molecule has 2 aliphatic carbocycles. The van der Waals surface area contributed by atoms with Crippen molar-refractivity contribution >= 4 is 17.7 Å². The maximum Gasteiger partial charge on any atom is 0.263 e. The number of ether oxygens (including phenoxy) is 1. The molecule has 0 bridgehead atoms. The van der Waals surface area contributed by atoms with Gasteiger partial charge in [0.25, 0.3) is 5.56 Å². The molecule has 6 nitrogen and oxygen atoms in total. The van der Waals surface area contributed by atoms with Crippen LogP contribution in [-0.4, -0.2) is 46.3 Å². The summed E-state index contributed by atoms with van der Waals surface area (Å²) < 4.78 is 7.24. The molecule has 0 radical (unpaired) electrons. The highest BCUT2D eigenvalue weighted by Gasteiger charge is 2.43. The molecule has 1 aromatic heterocycles. The first-order chi connectivity index (χ1) is 18.6. The van der Waals surface area contributed by atoms with E-state index < -0.39 is 0 Å². The van der Waals surface area contributed by atoms with Crippen LogP contribution in [0.3, 0.4) is 0 Å². The summed E-state index contributed by atoms with van der Waals surface area (Å²) in [5, 5.41) is 0.565. The number of benzene rings is 2. The number of fused-ring (bicyclic) bond motifs is 4. The van der Waals surface area contributed by atoms with Gasteiger partial charge in [-0.05, 0) is 56.2 Å². The SMILES string of the molecule is COc1cccc(-n2c(SCC(=O)N3CCCCC3)nc3c(c2=O)C2(CCCCC2)Cc2ccccc2-3)c1. The third-order valence-corrected chi connectivity index (χ3v) is 9.46. The highest BCUT2D eigenvalue weighted by atomic mass is 32.2. The van der Waals surface area contributed by atoms with E-state index in [0.717, 1.165) is 80.5 Å². The minimum Gasteiger partial charge on any atom is -0.497 e. The van der Waals surface area contributed by atoms with Crippen molar-refractivity contribution in [1.82, 2.24) is 14.5 Å². The van der Waals surface area contributed by atoms with Crippen LogP contribution in [0.2, 0.25) is 0 Å². The fraction of sp³-hybridized carbons (Fsp3) is 0.452. The first-order valence-electron chi connectivity index (χ1n) is 13.9. The molecular weight excluding hydrogens is 494 g/mol. The fourth-order valence-corrected chi connectivity index (χ4v) is 7.53. The first-order valence-corrected chi connectivity index (χ1v) is 14.9. The van der Waals surface area contributed by atoms with E-state index in [4.69, 9.17) is 9.72 Å². The Bertz CT molecular complexity index is 1400. The van der Waals surface area contributed by atoms with Gasteiger partial charge in [-0.1, -0.05) is 61.4 Å². The minimum atomic E-state index is -0.195. The summed E-state index contributed by atoms with van der Waals surface area (Å²) in [6.07, 6.45) is 9.64.